The van der Waals surface area contributed by atoms with Crippen LogP contribution in [-0.2, 0) is 4.74 Å². The third-order valence-electron chi connectivity index (χ3n) is 7.51. The number of rotatable bonds is 6. The Morgan fingerprint density at radius 3 is 2.58 bits per heavy atom. The predicted molar refractivity (Wildman–Crippen MR) is 116 cm³/mol. The van der Waals surface area contributed by atoms with Gasteiger partial charge in [0.1, 0.15) is 11.6 Å². The van der Waals surface area contributed by atoms with E-state index in [1.54, 1.807) is 16.6 Å². The van der Waals surface area contributed by atoms with Crippen LogP contribution in [0.15, 0.2) is 36.4 Å². The molecule has 4 saturated carbocycles. The average molecular weight is 422 g/mol. The van der Waals surface area contributed by atoms with Crippen molar-refractivity contribution in [2.24, 2.45) is 17.8 Å². The molecule has 3 aromatic rings. The number of nitrogens with zero attached hydrogens (tertiary/aromatic N) is 4. The van der Waals surface area contributed by atoms with E-state index in [9.17, 15) is 4.39 Å². The Labute approximate surface area is 181 Å². The van der Waals surface area contributed by atoms with Gasteiger partial charge < -0.3 is 10.1 Å². The van der Waals surface area contributed by atoms with Gasteiger partial charge in [0, 0.05) is 12.1 Å². The molecule has 4 aliphatic rings. The van der Waals surface area contributed by atoms with Crippen LogP contribution in [0.3, 0.4) is 0 Å². The Morgan fingerprint density at radius 1 is 1.00 bits per heavy atom. The van der Waals surface area contributed by atoms with E-state index in [-0.39, 0.29) is 11.4 Å². The molecule has 4 fully saturated rings. The largest absolute Gasteiger partial charge is 0.373 e. The van der Waals surface area contributed by atoms with Gasteiger partial charge in [-0.25, -0.2) is 4.39 Å². The molecular weight excluding hydrogens is 393 g/mol. The molecule has 0 radical (unpaired) electrons. The lowest BCUT2D eigenvalue weighted by molar-refractivity contribution is -0.0953. The number of hydrogen-bond donors (Lipinski definition) is 1. The number of fused-ring (bicyclic) bond motifs is 2. The molecular formula is C24H28FN5O. The van der Waals surface area contributed by atoms with Crippen molar-refractivity contribution >= 4 is 11.5 Å². The minimum Gasteiger partial charge on any atom is -0.373 e. The van der Waals surface area contributed by atoms with Crippen LogP contribution in [0.1, 0.15) is 44.9 Å². The number of ether oxygens (including phenoxy) is 1. The van der Waals surface area contributed by atoms with Crippen LogP contribution in [0.5, 0.6) is 0 Å². The van der Waals surface area contributed by atoms with Gasteiger partial charge in [0.05, 0.1) is 12.2 Å². The number of nitrogens with one attached hydrogen (secondary N) is 1. The number of benzene rings is 1. The van der Waals surface area contributed by atoms with Crippen molar-refractivity contribution in [3.63, 3.8) is 0 Å². The molecule has 6 nitrogen and oxygen atoms in total. The topological polar surface area (TPSA) is 64.3 Å². The van der Waals surface area contributed by atoms with Crippen molar-refractivity contribution in [1.29, 1.82) is 0 Å². The van der Waals surface area contributed by atoms with Crippen LogP contribution < -0.4 is 5.32 Å². The SMILES string of the molecule is Fc1ccc(-c2nnc3ccc(NCCOC45CCC6CC(CC(C6)C4)C5)nn23)cc1. The first-order valence-electron chi connectivity index (χ1n) is 11.5. The van der Waals surface area contributed by atoms with Crippen molar-refractivity contribution in [3.8, 4) is 11.4 Å². The summed E-state index contributed by atoms with van der Waals surface area (Å²) in [5, 5.41) is 16.4. The van der Waals surface area contributed by atoms with Gasteiger partial charge in [0.2, 0.25) is 0 Å². The molecule has 7 heteroatoms. The molecule has 0 aliphatic heterocycles. The third-order valence-corrected chi connectivity index (χ3v) is 7.51. The maximum absolute atomic E-state index is 13.3. The average Bonchev–Trinajstić information content (AvgIpc) is 3.08. The molecule has 1 aromatic carbocycles. The van der Waals surface area contributed by atoms with Crippen LogP contribution in [0.2, 0.25) is 0 Å². The number of halogens is 1. The zero-order chi connectivity index (χ0) is 20.8. The highest BCUT2D eigenvalue weighted by Gasteiger charge is 2.48. The van der Waals surface area contributed by atoms with Crippen LogP contribution in [0.25, 0.3) is 17.0 Å². The van der Waals surface area contributed by atoms with Crippen molar-refractivity contribution in [2.75, 3.05) is 18.5 Å². The molecule has 0 saturated heterocycles. The molecule has 2 atom stereocenters. The van der Waals surface area contributed by atoms with Gasteiger partial charge in [0.25, 0.3) is 0 Å². The van der Waals surface area contributed by atoms with E-state index in [2.05, 4.69) is 20.6 Å². The Balaban J connectivity index is 1.12. The number of anilines is 1. The van der Waals surface area contributed by atoms with Gasteiger partial charge in [-0.05, 0) is 99.1 Å². The van der Waals surface area contributed by atoms with Crippen LogP contribution in [-0.4, -0.2) is 38.6 Å². The Kier molecular flexibility index (Phi) is 4.67. The van der Waals surface area contributed by atoms with Gasteiger partial charge in [-0.3, -0.25) is 0 Å². The second-order valence-electron chi connectivity index (χ2n) is 9.73. The lowest BCUT2D eigenvalue weighted by Crippen LogP contribution is -2.42. The zero-order valence-corrected chi connectivity index (χ0v) is 17.6. The van der Waals surface area contributed by atoms with E-state index in [1.807, 2.05) is 12.1 Å². The normalized spacial score (nSPS) is 29.4. The quantitative estimate of drug-likeness (QED) is 0.584. The molecule has 0 amide bonds. The standard InChI is InChI=1S/C24H28FN5O/c25-20-3-1-19(2-4-20)23-28-27-22-6-5-21(29-30(22)23)26-9-10-31-24-8-7-16-11-17(14-24)13-18(12-16)15-24/h1-6,16-18H,7-15H2,(H,26,29). The molecule has 2 heterocycles. The highest BCUT2D eigenvalue weighted by atomic mass is 19.1. The fourth-order valence-corrected chi connectivity index (χ4v) is 6.38. The highest BCUT2D eigenvalue weighted by molar-refractivity contribution is 5.59. The lowest BCUT2D eigenvalue weighted by atomic mass is 9.66. The Bertz CT molecular complexity index is 1070. The molecule has 0 spiro atoms. The molecule has 2 unspecified atom stereocenters. The molecule has 1 N–H and O–H groups in total. The number of hydrogen-bond acceptors (Lipinski definition) is 5. The summed E-state index contributed by atoms with van der Waals surface area (Å²) in [7, 11) is 0. The highest BCUT2D eigenvalue weighted by Crippen LogP contribution is 2.54. The summed E-state index contributed by atoms with van der Waals surface area (Å²) in [6, 6.07) is 10.0. The van der Waals surface area contributed by atoms with Gasteiger partial charge in [-0.2, -0.15) is 4.52 Å². The summed E-state index contributed by atoms with van der Waals surface area (Å²) in [5.41, 5.74) is 1.55. The summed E-state index contributed by atoms with van der Waals surface area (Å²) >= 11 is 0. The van der Waals surface area contributed by atoms with E-state index in [0.717, 1.165) is 29.1 Å². The first kappa shape index (κ1) is 19.2. The lowest BCUT2D eigenvalue weighted by Gasteiger charge is -2.45. The van der Waals surface area contributed by atoms with Crippen molar-refractivity contribution in [1.82, 2.24) is 19.8 Å². The Hall–Kier alpha value is -2.54. The van der Waals surface area contributed by atoms with Gasteiger partial charge in [-0.1, -0.05) is 0 Å². The fraction of sp³-hybridized carbons (Fsp3) is 0.542. The monoisotopic (exact) mass is 421 g/mol. The minimum absolute atomic E-state index is 0.113. The summed E-state index contributed by atoms with van der Waals surface area (Å²) in [5.74, 6) is 3.79. The third kappa shape index (κ3) is 3.69. The van der Waals surface area contributed by atoms with Crippen LogP contribution in [0, 0.1) is 23.6 Å². The molecule has 7 rings (SSSR count). The summed E-state index contributed by atoms with van der Waals surface area (Å²) in [6.07, 6.45) is 9.38. The second-order valence-corrected chi connectivity index (χ2v) is 9.73. The fourth-order valence-electron chi connectivity index (χ4n) is 6.38. The summed E-state index contributed by atoms with van der Waals surface area (Å²) in [6.45, 7) is 1.41. The van der Waals surface area contributed by atoms with E-state index in [0.29, 0.717) is 24.6 Å². The molecule has 2 aromatic heterocycles. The van der Waals surface area contributed by atoms with E-state index in [4.69, 9.17) is 4.74 Å². The second kappa shape index (κ2) is 7.55. The van der Waals surface area contributed by atoms with E-state index < -0.39 is 0 Å². The summed E-state index contributed by atoms with van der Waals surface area (Å²) < 4.78 is 21.5. The van der Waals surface area contributed by atoms with Crippen molar-refractivity contribution in [3.05, 3.63) is 42.2 Å². The maximum Gasteiger partial charge on any atom is 0.185 e. The summed E-state index contributed by atoms with van der Waals surface area (Å²) in [4.78, 5) is 0. The molecule has 4 bridgehead atoms. The first-order chi connectivity index (χ1) is 15.2. The van der Waals surface area contributed by atoms with Crippen LogP contribution >= 0.6 is 0 Å². The van der Waals surface area contributed by atoms with Gasteiger partial charge >= 0.3 is 0 Å². The predicted octanol–water partition coefficient (Wildman–Crippen LogP) is 4.72. The minimum atomic E-state index is -0.275. The molecule has 162 valence electrons. The van der Waals surface area contributed by atoms with E-state index in [1.165, 1.54) is 57.1 Å². The van der Waals surface area contributed by atoms with E-state index >= 15 is 0 Å². The van der Waals surface area contributed by atoms with Crippen LogP contribution in [0.4, 0.5) is 10.2 Å². The zero-order valence-electron chi connectivity index (χ0n) is 17.6. The Morgan fingerprint density at radius 2 is 1.77 bits per heavy atom. The smallest absolute Gasteiger partial charge is 0.185 e. The first-order valence-corrected chi connectivity index (χ1v) is 11.5. The molecule has 4 aliphatic carbocycles. The van der Waals surface area contributed by atoms with Crippen molar-refractivity contribution in [2.45, 2.75) is 50.5 Å². The van der Waals surface area contributed by atoms with Crippen molar-refractivity contribution < 1.29 is 9.13 Å². The van der Waals surface area contributed by atoms with Gasteiger partial charge in [-0.15, -0.1) is 15.3 Å². The maximum atomic E-state index is 13.3. The molecule has 31 heavy (non-hydrogen) atoms. The number of aromatic nitrogens is 4. The van der Waals surface area contributed by atoms with Gasteiger partial charge in [0.15, 0.2) is 11.5 Å².